The highest BCUT2D eigenvalue weighted by Crippen LogP contribution is 2.21. The molecular weight excluding hydrogens is 453 g/mol. The number of benzene rings is 2. The van der Waals surface area contributed by atoms with Gasteiger partial charge in [-0.05, 0) is 62.2 Å². The first-order valence-corrected chi connectivity index (χ1v) is 11.8. The summed E-state index contributed by atoms with van der Waals surface area (Å²) in [5.74, 6) is -2.89. The number of carbonyl (C=O) groups is 3. The molecule has 1 saturated heterocycles. The van der Waals surface area contributed by atoms with Gasteiger partial charge in [0.25, 0.3) is 11.8 Å². The number of sulfonamides is 1. The van der Waals surface area contributed by atoms with Crippen LogP contribution in [0.4, 0.5) is 4.39 Å². The van der Waals surface area contributed by atoms with Crippen LogP contribution in [0.15, 0.2) is 53.4 Å². The lowest BCUT2D eigenvalue weighted by Crippen LogP contribution is -2.46. The Morgan fingerprint density at radius 1 is 0.970 bits per heavy atom. The number of carbonyl (C=O) groups excluding carboxylic acids is 3. The van der Waals surface area contributed by atoms with Gasteiger partial charge in [-0.15, -0.1) is 0 Å². The van der Waals surface area contributed by atoms with Gasteiger partial charge in [-0.1, -0.05) is 12.5 Å². The number of halogens is 1. The van der Waals surface area contributed by atoms with Gasteiger partial charge >= 0.3 is 5.97 Å². The number of piperidine rings is 1. The van der Waals surface area contributed by atoms with Crippen LogP contribution in [-0.4, -0.2) is 49.7 Å². The number of ether oxygens (including phenoxy) is 1. The van der Waals surface area contributed by atoms with Crippen LogP contribution in [0.5, 0.6) is 0 Å². The fourth-order valence-electron chi connectivity index (χ4n) is 3.21. The molecule has 1 heterocycles. The van der Waals surface area contributed by atoms with Crippen molar-refractivity contribution in [3.05, 3.63) is 65.5 Å². The third-order valence-electron chi connectivity index (χ3n) is 5.08. The minimum atomic E-state index is -3.73. The molecule has 3 rings (SSSR count). The molecule has 0 bridgehead atoms. The van der Waals surface area contributed by atoms with Gasteiger partial charge in [0.15, 0.2) is 6.10 Å². The van der Waals surface area contributed by atoms with Crippen molar-refractivity contribution in [1.82, 2.24) is 15.2 Å². The first-order chi connectivity index (χ1) is 15.7. The fraction of sp³-hybridized carbons (Fsp3) is 0.318. The van der Waals surface area contributed by atoms with Crippen LogP contribution in [0.3, 0.4) is 0 Å². The van der Waals surface area contributed by atoms with Crippen LogP contribution in [0.25, 0.3) is 0 Å². The highest BCUT2D eigenvalue weighted by molar-refractivity contribution is 7.89. The van der Waals surface area contributed by atoms with Crippen molar-refractivity contribution in [1.29, 1.82) is 0 Å². The van der Waals surface area contributed by atoms with E-state index in [1.165, 1.54) is 47.6 Å². The summed E-state index contributed by atoms with van der Waals surface area (Å²) in [4.78, 5) is 36.6. The largest absolute Gasteiger partial charge is 0.449 e. The topological polar surface area (TPSA) is 122 Å². The number of nitrogens with one attached hydrogen (secondary N) is 2. The Hall–Kier alpha value is -3.31. The molecule has 9 nitrogen and oxygen atoms in total. The molecule has 1 fully saturated rings. The molecule has 1 aliphatic rings. The summed E-state index contributed by atoms with van der Waals surface area (Å²) in [6.07, 6.45) is 1.26. The molecule has 2 amide bonds. The van der Waals surface area contributed by atoms with E-state index in [9.17, 15) is 27.2 Å². The molecule has 0 radical (unpaired) electrons. The molecule has 2 aromatic carbocycles. The Balaban J connectivity index is 1.58. The number of hydrazine groups is 1. The third-order valence-corrected chi connectivity index (χ3v) is 6.98. The molecule has 0 unspecified atom stereocenters. The lowest BCUT2D eigenvalue weighted by atomic mass is 10.2. The monoisotopic (exact) mass is 477 g/mol. The second-order valence-corrected chi connectivity index (χ2v) is 9.43. The first kappa shape index (κ1) is 24.3. The maximum atomic E-state index is 12.9. The van der Waals surface area contributed by atoms with E-state index in [0.717, 1.165) is 31.4 Å². The van der Waals surface area contributed by atoms with Crippen LogP contribution in [-0.2, 0) is 19.6 Å². The highest BCUT2D eigenvalue weighted by atomic mass is 32.2. The molecule has 0 saturated carbocycles. The maximum Gasteiger partial charge on any atom is 0.338 e. The summed E-state index contributed by atoms with van der Waals surface area (Å²) in [6, 6.07) is 10.1. The molecule has 0 spiro atoms. The van der Waals surface area contributed by atoms with Gasteiger partial charge in [0.2, 0.25) is 10.0 Å². The van der Waals surface area contributed by atoms with E-state index in [0.29, 0.717) is 13.1 Å². The minimum absolute atomic E-state index is 0.0249. The predicted molar refractivity (Wildman–Crippen MR) is 116 cm³/mol. The lowest BCUT2D eigenvalue weighted by Gasteiger charge is -2.26. The highest BCUT2D eigenvalue weighted by Gasteiger charge is 2.27. The zero-order valence-electron chi connectivity index (χ0n) is 17.9. The normalized spacial score (nSPS) is 15.3. The summed E-state index contributed by atoms with van der Waals surface area (Å²) in [5, 5.41) is 0. The average Bonchev–Trinajstić information content (AvgIpc) is 2.83. The number of amides is 2. The van der Waals surface area contributed by atoms with E-state index >= 15 is 0 Å². The van der Waals surface area contributed by atoms with Crippen molar-refractivity contribution in [2.75, 3.05) is 13.1 Å². The van der Waals surface area contributed by atoms with Gasteiger partial charge in [-0.2, -0.15) is 4.31 Å². The van der Waals surface area contributed by atoms with Crippen LogP contribution < -0.4 is 10.9 Å². The van der Waals surface area contributed by atoms with Crippen molar-refractivity contribution in [2.24, 2.45) is 0 Å². The lowest BCUT2D eigenvalue weighted by molar-refractivity contribution is -0.129. The van der Waals surface area contributed by atoms with Gasteiger partial charge in [0.05, 0.1) is 10.5 Å². The van der Waals surface area contributed by atoms with Crippen LogP contribution >= 0.6 is 0 Å². The summed E-state index contributed by atoms with van der Waals surface area (Å²) in [7, 11) is -3.73. The van der Waals surface area contributed by atoms with E-state index in [2.05, 4.69) is 10.9 Å². The Morgan fingerprint density at radius 3 is 2.30 bits per heavy atom. The quantitative estimate of drug-likeness (QED) is 0.485. The van der Waals surface area contributed by atoms with E-state index in [1.807, 2.05) is 0 Å². The Morgan fingerprint density at radius 2 is 1.64 bits per heavy atom. The Labute approximate surface area is 190 Å². The second kappa shape index (κ2) is 10.5. The van der Waals surface area contributed by atoms with Crippen LogP contribution in [0.2, 0.25) is 0 Å². The molecule has 0 aliphatic carbocycles. The number of nitrogens with zero attached hydrogens (tertiary/aromatic N) is 1. The van der Waals surface area contributed by atoms with Gasteiger partial charge in [0, 0.05) is 18.7 Å². The van der Waals surface area contributed by atoms with Gasteiger partial charge in [-0.25, -0.2) is 17.6 Å². The smallest absolute Gasteiger partial charge is 0.338 e. The molecule has 0 aromatic heterocycles. The van der Waals surface area contributed by atoms with Crippen molar-refractivity contribution < 1.29 is 31.9 Å². The van der Waals surface area contributed by atoms with E-state index < -0.39 is 39.7 Å². The zero-order chi connectivity index (χ0) is 24.0. The summed E-state index contributed by atoms with van der Waals surface area (Å²) >= 11 is 0. The van der Waals surface area contributed by atoms with Gasteiger partial charge in [0.1, 0.15) is 5.82 Å². The van der Waals surface area contributed by atoms with Gasteiger partial charge < -0.3 is 4.74 Å². The third kappa shape index (κ3) is 6.14. The average molecular weight is 478 g/mol. The Kier molecular flexibility index (Phi) is 7.77. The minimum Gasteiger partial charge on any atom is -0.449 e. The molecule has 1 atom stereocenters. The summed E-state index contributed by atoms with van der Waals surface area (Å²) in [6.45, 7) is 2.15. The second-order valence-electron chi connectivity index (χ2n) is 7.49. The number of esters is 1. The number of hydrogen-bond donors (Lipinski definition) is 2. The first-order valence-electron chi connectivity index (χ1n) is 10.4. The predicted octanol–water partition coefficient (Wildman–Crippen LogP) is 2.01. The van der Waals surface area contributed by atoms with Gasteiger partial charge in [-0.3, -0.25) is 20.4 Å². The summed E-state index contributed by atoms with van der Waals surface area (Å²) in [5.41, 5.74) is 4.35. The number of hydrogen-bond acceptors (Lipinski definition) is 6. The molecule has 2 N–H and O–H groups in total. The molecule has 1 aliphatic heterocycles. The van der Waals surface area contributed by atoms with Crippen molar-refractivity contribution in [3.63, 3.8) is 0 Å². The molecule has 176 valence electrons. The molecule has 2 aromatic rings. The summed E-state index contributed by atoms with van der Waals surface area (Å²) < 4.78 is 45.1. The molecule has 11 heteroatoms. The van der Waals surface area contributed by atoms with E-state index in [4.69, 9.17) is 4.74 Å². The van der Waals surface area contributed by atoms with E-state index in [1.54, 1.807) is 0 Å². The van der Waals surface area contributed by atoms with Crippen molar-refractivity contribution >= 4 is 27.8 Å². The fourth-order valence-corrected chi connectivity index (χ4v) is 4.78. The SMILES string of the molecule is C[C@@H](OC(=O)c1cccc(S(=O)(=O)N2CCCCC2)c1)C(=O)NNC(=O)c1ccc(F)cc1. The maximum absolute atomic E-state index is 12.9. The zero-order valence-corrected chi connectivity index (χ0v) is 18.7. The van der Waals surface area contributed by atoms with Crippen molar-refractivity contribution in [3.8, 4) is 0 Å². The van der Waals surface area contributed by atoms with Crippen LogP contribution in [0.1, 0.15) is 46.9 Å². The van der Waals surface area contributed by atoms with Crippen LogP contribution in [0, 0.1) is 5.82 Å². The molecular formula is C22H24FN3O6S. The van der Waals surface area contributed by atoms with Crippen molar-refractivity contribution in [2.45, 2.75) is 37.2 Å². The van der Waals surface area contributed by atoms with E-state index in [-0.39, 0.29) is 16.0 Å². The number of rotatable bonds is 6. The standard InChI is InChI=1S/C22H24FN3O6S/c1-15(20(27)24-25-21(28)16-8-10-18(23)11-9-16)32-22(29)17-6-5-7-19(14-17)33(30,31)26-12-3-2-4-13-26/h5-11,14-15H,2-4,12-13H2,1H3,(H,24,27)(H,25,28)/t15-/m1/s1. The molecule has 33 heavy (non-hydrogen) atoms. The Bertz CT molecular complexity index is 1130.